The standard InChI is InChI=1S/C12H23NO/c1-9(12(13)10(2)14)8-11-6-4-3-5-7-11/h9,11-12H,3-8,13H2,1-2H3. The van der Waals surface area contributed by atoms with Crippen LogP contribution in [0.3, 0.4) is 0 Å². The van der Waals surface area contributed by atoms with E-state index in [2.05, 4.69) is 6.92 Å². The van der Waals surface area contributed by atoms with E-state index in [-0.39, 0.29) is 11.8 Å². The van der Waals surface area contributed by atoms with Gasteiger partial charge in [0, 0.05) is 0 Å². The van der Waals surface area contributed by atoms with Crippen LogP contribution in [-0.4, -0.2) is 11.8 Å². The fraction of sp³-hybridized carbons (Fsp3) is 0.917. The molecule has 82 valence electrons. The van der Waals surface area contributed by atoms with Crippen LogP contribution in [0.4, 0.5) is 0 Å². The van der Waals surface area contributed by atoms with E-state index in [0.717, 1.165) is 12.3 Å². The third kappa shape index (κ3) is 3.41. The summed E-state index contributed by atoms with van der Waals surface area (Å²) in [5.74, 6) is 1.31. The molecule has 1 aliphatic rings. The number of Topliss-reactive ketones (excluding diaryl/α,β-unsaturated/α-hetero) is 1. The molecule has 1 aliphatic carbocycles. The van der Waals surface area contributed by atoms with Crippen LogP contribution in [0.25, 0.3) is 0 Å². The SMILES string of the molecule is CC(=O)C(N)C(C)CC1CCCCC1. The van der Waals surface area contributed by atoms with Crippen LogP contribution in [0.15, 0.2) is 0 Å². The van der Waals surface area contributed by atoms with Gasteiger partial charge in [-0.15, -0.1) is 0 Å². The molecular formula is C12H23NO. The van der Waals surface area contributed by atoms with Crippen molar-refractivity contribution in [2.24, 2.45) is 17.6 Å². The highest BCUT2D eigenvalue weighted by Crippen LogP contribution is 2.29. The van der Waals surface area contributed by atoms with Crippen molar-refractivity contribution in [1.29, 1.82) is 0 Å². The molecular weight excluding hydrogens is 174 g/mol. The maximum absolute atomic E-state index is 11.1. The van der Waals surface area contributed by atoms with Gasteiger partial charge in [-0.2, -0.15) is 0 Å². The van der Waals surface area contributed by atoms with Crippen LogP contribution in [0, 0.1) is 11.8 Å². The molecule has 0 saturated heterocycles. The van der Waals surface area contributed by atoms with Crippen molar-refractivity contribution < 1.29 is 4.79 Å². The Bertz CT molecular complexity index is 185. The predicted molar refractivity (Wildman–Crippen MR) is 59.0 cm³/mol. The zero-order valence-corrected chi connectivity index (χ0v) is 9.46. The lowest BCUT2D eigenvalue weighted by Crippen LogP contribution is -2.36. The Morgan fingerprint density at radius 2 is 1.93 bits per heavy atom. The summed E-state index contributed by atoms with van der Waals surface area (Å²) >= 11 is 0. The monoisotopic (exact) mass is 197 g/mol. The van der Waals surface area contributed by atoms with E-state index in [1.54, 1.807) is 6.92 Å². The van der Waals surface area contributed by atoms with E-state index >= 15 is 0 Å². The van der Waals surface area contributed by atoms with Gasteiger partial charge in [0.2, 0.25) is 0 Å². The first kappa shape index (κ1) is 11.7. The Kier molecular flexibility index (Phi) is 4.59. The van der Waals surface area contributed by atoms with Gasteiger partial charge >= 0.3 is 0 Å². The molecule has 2 atom stereocenters. The Morgan fingerprint density at radius 1 is 1.36 bits per heavy atom. The highest BCUT2D eigenvalue weighted by Gasteiger charge is 2.22. The van der Waals surface area contributed by atoms with Gasteiger partial charge in [0.1, 0.15) is 5.78 Å². The summed E-state index contributed by atoms with van der Waals surface area (Å²) in [4.78, 5) is 11.1. The number of carbonyl (C=O) groups excluding carboxylic acids is 1. The Balaban J connectivity index is 2.31. The fourth-order valence-electron chi connectivity index (χ4n) is 2.50. The van der Waals surface area contributed by atoms with Crippen molar-refractivity contribution in [3.63, 3.8) is 0 Å². The molecule has 1 saturated carbocycles. The minimum Gasteiger partial charge on any atom is -0.321 e. The molecule has 14 heavy (non-hydrogen) atoms. The Labute approximate surface area is 87.2 Å². The van der Waals surface area contributed by atoms with Crippen molar-refractivity contribution >= 4 is 5.78 Å². The van der Waals surface area contributed by atoms with Gasteiger partial charge < -0.3 is 5.73 Å². The van der Waals surface area contributed by atoms with Gasteiger partial charge in [-0.25, -0.2) is 0 Å². The molecule has 1 rings (SSSR count). The van der Waals surface area contributed by atoms with Gasteiger partial charge in [-0.1, -0.05) is 39.0 Å². The van der Waals surface area contributed by atoms with Crippen LogP contribution < -0.4 is 5.73 Å². The predicted octanol–water partition coefficient (Wildman–Crippen LogP) is 2.51. The van der Waals surface area contributed by atoms with Crippen LogP contribution in [0.2, 0.25) is 0 Å². The fourth-order valence-corrected chi connectivity index (χ4v) is 2.50. The first-order valence-electron chi connectivity index (χ1n) is 5.87. The summed E-state index contributed by atoms with van der Waals surface area (Å²) in [6, 6.07) is -0.239. The molecule has 0 radical (unpaired) electrons. The van der Waals surface area contributed by atoms with Gasteiger partial charge in [-0.05, 0) is 25.2 Å². The van der Waals surface area contributed by atoms with Crippen molar-refractivity contribution in [3.8, 4) is 0 Å². The van der Waals surface area contributed by atoms with E-state index < -0.39 is 0 Å². The van der Waals surface area contributed by atoms with Crippen LogP contribution >= 0.6 is 0 Å². The molecule has 0 aromatic heterocycles. The molecule has 1 fully saturated rings. The number of nitrogens with two attached hydrogens (primary N) is 1. The maximum atomic E-state index is 11.1. The van der Waals surface area contributed by atoms with Crippen LogP contribution in [0.1, 0.15) is 52.4 Å². The normalized spacial score (nSPS) is 23.1. The highest BCUT2D eigenvalue weighted by molar-refractivity contribution is 5.81. The second-order valence-corrected chi connectivity index (χ2v) is 4.85. The number of ketones is 1. The van der Waals surface area contributed by atoms with Gasteiger partial charge in [0.15, 0.2) is 0 Å². The van der Waals surface area contributed by atoms with Gasteiger partial charge in [-0.3, -0.25) is 4.79 Å². The van der Waals surface area contributed by atoms with Gasteiger partial charge in [0.25, 0.3) is 0 Å². The van der Waals surface area contributed by atoms with Crippen LogP contribution in [0.5, 0.6) is 0 Å². The second kappa shape index (κ2) is 5.50. The molecule has 0 amide bonds. The lowest BCUT2D eigenvalue weighted by molar-refractivity contribution is -0.119. The second-order valence-electron chi connectivity index (χ2n) is 4.85. The van der Waals surface area contributed by atoms with Crippen molar-refractivity contribution in [1.82, 2.24) is 0 Å². The Hall–Kier alpha value is -0.370. The average molecular weight is 197 g/mol. The quantitative estimate of drug-likeness (QED) is 0.752. The highest BCUT2D eigenvalue weighted by atomic mass is 16.1. The zero-order chi connectivity index (χ0) is 10.6. The first-order chi connectivity index (χ1) is 6.61. The lowest BCUT2D eigenvalue weighted by Gasteiger charge is -2.26. The van der Waals surface area contributed by atoms with E-state index in [0.29, 0.717) is 5.92 Å². The molecule has 0 aliphatic heterocycles. The van der Waals surface area contributed by atoms with Gasteiger partial charge in [0.05, 0.1) is 6.04 Å². The van der Waals surface area contributed by atoms with E-state index in [9.17, 15) is 4.79 Å². The third-order valence-corrected chi connectivity index (χ3v) is 3.51. The van der Waals surface area contributed by atoms with Crippen molar-refractivity contribution in [2.75, 3.05) is 0 Å². The first-order valence-corrected chi connectivity index (χ1v) is 5.87. The largest absolute Gasteiger partial charge is 0.321 e. The number of rotatable bonds is 4. The number of carbonyl (C=O) groups is 1. The van der Waals surface area contributed by atoms with E-state index in [1.807, 2.05) is 0 Å². The minimum atomic E-state index is -0.239. The summed E-state index contributed by atoms with van der Waals surface area (Å²) < 4.78 is 0. The topological polar surface area (TPSA) is 43.1 Å². The molecule has 0 aromatic carbocycles. The summed E-state index contributed by atoms with van der Waals surface area (Å²) in [6.07, 6.45) is 7.95. The molecule has 0 aromatic rings. The average Bonchev–Trinajstić information content (AvgIpc) is 2.18. The molecule has 0 bridgehead atoms. The molecule has 2 N–H and O–H groups in total. The van der Waals surface area contributed by atoms with Crippen molar-refractivity contribution in [3.05, 3.63) is 0 Å². The summed E-state index contributed by atoms with van der Waals surface area (Å²) in [7, 11) is 0. The van der Waals surface area contributed by atoms with Crippen molar-refractivity contribution in [2.45, 2.75) is 58.4 Å². The molecule has 0 heterocycles. The lowest BCUT2D eigenvalue weighted by atomic mass is 9.81. The summed E-state index contributed by atoms with van der Waals surface area (Å²) in [5.41, 5.74) is 5.83. The van der Waals surface area contributed by atoms with Crippen LogP contribution in [-0.2, 0) is 4.79 Å². The summed E-state index contributed by atoms with van der Waals surface area (Å²) in [5, 5.41) is 0. The molecule has 2 heteroatoms. The molecule has 2 nitrogen and oxygen atoms in total. The van der Waals surface area contributed by atoms with E-state index in [4.69, 9.17) is 5.73 Å². The maximum Gasteiger partial charge on any atom is 0.146 e. The smallest absolute Gasteiger partial charge is 0.146 e. The number of hydrogen-bond acceptors (Lipinski definition) is 2. The third-order valence-electron chi connectivity index (χ3n) is 3.51. The Morgan fingerprint density at radius 3 is 2.43 bits per heavy atom. The van der Waals surface area contributed by atoms with E-state index in [1.165, 1.54) is 32.1 Å². The zero-order valence-electron chi connectivity index (χ0n) is 9.46. The minimum absolute atomic E-state index is 0.133. The molecule has 2 unspecified atom stereocenters. The summed E-state index contributed by atoms with van der Waals surface area (Å²) in [6.45, 7) is 3.71. The number of hydrogen-bond donors (Lipinski definition) is 1. The molecule has 0 spiro atoms.